The summed E-state index contributed by atoms with van der Waals surface area (Å²) in [6.45, 7) is 3.25. The first-order chi connectivity index (χ1) is 7.57. The number of fused-ring (bicyclic) bond motifs is 1. The van der Waals surface area contributed by atoms with Crippen molar-refractivity contribution in [2.75, 3.05) is 11.4 Å². The van der Waals surface area contributed by atoms with Gasteiger partial charge in [-0.1, -0.05) is 28.9 Å². The molecule has 2 nitrogen and oxygen atoms in total. The Morgan fingerprint density at radius 3 is 3.06 bits per heavy atom. The molecule has 1 aliphatic heterocycles. The minimum atomic E-state index is 0.126. The number of nitrogens with zero attached hydrogens (tertiary/aromatic N) is 2. The Bertz CT molecular complexity index is 455. The van der Waals surface area contributed by atoms with E-state index in [1.807, 2.05) is 0 Å². The number of benzene rings is 1. The number of hydrogen-bond donors (Lipinski definition) is 0. The van der Waals surface area contributed by atoms with Crippen LogP contribution in [0.5, 0.6) is 0 Å². The highest BCUT2D eigenvalue weighted by Gasteiger charge is 2.36. The summed E-state index contributed by atoms with van der Waals surface area (Å²) in [5.74, 6) is 0. The molecule has 1 heterocycles. The van der Waals surface area contributed by atoms with E-state index < -0.39 is 0 Å². The topological polar surface area (TPSA) is 27.0 Å². The number of nitriles is 1. The van der Waals surface area contributed by atoms with Gasteiger partial charge in [-0.15, -0.1) is 0 Å². The Labute approximate surface area is 106 Å². The third-order valence-electron chi connectivity index (χ3n) is 3.40. The third-order valence-corrected chi connectivity index (χ3v) is 3.89. The van der Waals surface area contributed by atoms with Crippen molar-refractivity contribution < 1.29 is 0 Å². The summed E-state index contributed by atoms with van der Waals surface area (Å²) in [7, 11) is 2.11. The Balaban J connectivity index is 2.39. The van der Waals surface area contributed by atoms with Crippen LogP contribution in [-0.2, 0) is 5.41 Å². The van der Waals surface area contributed by atoms with E-state index in [-0.39, 0.29) is 5.41 Å². The van der Waals surface area contributed by atoms with Crippen LogP contribution in [0.3, 0.4) is 0 Å². The molecule has 1 unspecified atom stereocenters. The predicted molar refractivity (Wildman–Crippen MR) is 72.2 cm³/mol. The van der Waals surface area contributed by atoms with Crippen LogP contribution in [0.25, 0.3) is 0 Å². The van der Waals surface area contributed by atoms with Gasteiger partial charge in [0.25, 0.3) is 0 Å². The largest absolute Gasteiger partial charge is 0.421 e. The van der Waals surface area contributed by atoms with E-state index in [0.717, 1.165) is 17.4 Å². The molecule has 0 amide bonds. The fourth-order valence-electron chi connectivity index (χ4n) is 2.57. The van der Waals surface area contributed by atoms with Gasteiger partial charge in [0.15, 0.2) is 0 Å². The second-order valence-corrected chi connectivity index (χ2v) is 5.65. The number of halogens is 1. The van der Waals surface area contributed by atoms with Gasteiger partial charge in [0, 0.05) is 28.5 Å². The van der Waals surface area contributed by atoms with Crippen molar-refractivity contribution in [3.05, 3.63) is 28.2 Å². The molecule has 0 aliphatic carbocycles. The molecular weight excluding hydrogens is 263 g/mol. The maximum atomic E-state index is 8.73. The molecule has 0 spiro atoms. The second kappa shape index (κ2) is 4.14. The fourth-order valence-corrected chi connectivity index (χ4v) is 2.92. The van der Waals surface area contributed by atoms with E-state index in [4.69, 9.17) is 5.26 Å². The molecule has 1 aliphatic rings. The van der Waals surface area contributed by atoms with Gasteiger partial charge in [-0.25, -0.2) is 0 Å². The molecule has 1 aromatic rings. The molecule has 2 rings (SSSR count). The predicted octanol–water partition coefficient (Wildman–Crippen LogP) is 2.38. The molecule has 0 saturated carbocycles. The van der Waals surface area contributed by atoms with Crippen LogP contribution in [0, 0.1) is 11.3 Å². The standard InChI is InChI=1S/C12H14BBrN2/c1-12(5-2-6-15)8-16(13)11-7-9(14)3-4-10(11)12/h3-4,7H,2,5,8,13H2,1H3. The fraction of sp³-hybridized carbons (Fsp3) is 0.417. The van der Waals surface area contributed by atoms with E-state index in [1.54, 1.807) is 0 Å². The monoisotopic (exact) mass is 276 g/mol. The molecule has 0 N–H and O–H groups in total. The molecule has 0 radical (unpaired) electrons. The van der Waals surface area contributed by atoms with Gasteiger partial charge in [0.1, 0.15) is 0 Å². The molecule has 0 bridgehead atoms. The molecule has 0 saturated heterocycles. The van der Waals surface area contributed by atoms with E-state index >= 15 is 0 Å². The van der Waals surface area contributed by atoms with Crippen molar-refractivity contribution in [1.29, 1.82) is 5.26 Å². The first-order valence-electron chi connectivity index (χ1n) is 5.45. The van der Waals surface area contributed by atoms with Crippen LogP contribution < -0.4 is 4.81 Å². The van der Waals surface area contributed by atoms with Crippen molar-refractivity contribution in [3.8, 4) is 6.07 Å². The molecule has 0 fully saturated rings. The number of rotatable bonds is 2. The molecule has 82 valence electrons. The highest BCUT2D eigenvalue weighted by atomic mass is 79.9. The molecule has 4 heteroatoms. The lowest BCUT2D eigenvalue weighted by molar-refractivity contribution is 0.478. The van der Waals surface area contributed by atoms with Crippen molar-refractivity contribution in [2.45, 2.75) is 25.2 Å². The minimum Gasteiger partial charge on any atom is -0.421 e. The lowest BCUT2D eigenvalue weighted by Gasteiger charge is -2.24. The van der Waals surface area contributed by atoms with Gasteiger partial charge in [-0.3, -0.25) is 0 Å². The Kier molecular flexibility index (Phi) is 2.99. The average molecular weight is 277 g/mol. The summed E-state index contributed by atoms with van der Waals surface area (Å²) in [4.78, 5) is 2.28. The zero-order valence-electron chi connectivity index (χ0n) is 9.63. The smallest absolute Gasteiger partial charge is 0.217 e. The van der Waals surface area contributed by atoms with Gasteiger partial charge < -0.3 is 4.81 Å². The van der Waals surface area contributed by atoms with Crippen LogP contribution in [0.2, 0.25) is 0 Å². The van der Waals surface area contributed by atoms with Crippen LogP contribution in [0.1, 0.15) is 25.3 Å². The number of hydrogen-bond acceptors (Lipinski definition) is 2. The van der Waals surface area contributed by atoms with Gasteiger partial charge in [-0.2, -0.15) is 5.26 Å². The van der Waals surface area contributed by atoms with Crippen LogP contribution >= 0.6 is 15.9 Å². The van der Waals surface area contributed by atoms with Crippen LogP contribution in [0.15, 0.2) is 22.7 Å². The van der Waals surface area contributed by atoms with Gasteiger partial charge >= 0.3 is 0 Å². The van der Waals surface area contributed by atoms with Crippen LogP contribution in [-0.4, -0.2) is 14.5 Å². The highest BCUT2D eigenvalue weighted by molar-refractivity contribution is 9.10. The zero-order valence-corrected chi connectivity index (χ0v) is 11.2. The van der Waals surface area contributed by atoms with E-state index in [2.05, 4.69) is 59.9 Å². The summed E-state index contributed by atoms with van der Waals surface area (Å²) in [6, 6.07) is 8.68. The molecule has 1 atom stereocenters. The van der Waals surface area contributed by atoms with E-state index in [9.17, 15) is 0 Å². The van der Waals surface area contributed by atoms with Gasteiger partial charge in [0.05, 0.1) is 6.07 Å². The quantitative estimate of drug-likeness (QED) is 0.776. The molecule has 1 aromatic carbocycles. The highest BCUT2D eigenvalue weighted by Crippen LogP contribution is 2.43. The first-order valence-corrected chi connectivity index (χ1v) is 6.24. The Hall–Kier alpha value is -0.945. The Morgan fingerprint density at radius 1 is 1.62 bits per heavy atom. The summed E-state index contributed by atoms with van der Waals surface area (Å²) in [6.07, 6.45) is 1.56. The normalized spacial score (nSPS) is 22.9. The van der Waals surface area contributed by atoms with Crippen molar-refractivity contribution in [2.24, 2.45) is 0 Å². The van der Waals surface area contributed by atoms with Crippen LogP contribution in [0.4, 0.5) is 5.69 Å². The second-order valence-electron chi connectivity index (χ2n) is 4.74. The number of anilines is 1. The van der Waals surface area contributed by atoms with Crippen molar-refractivity contribution >= 4 is 29.6 Å². The molecular formula is C12H14BBrN2. The van der Waals surface area contributed by atoms with Crippen molar-refractivity contribution in [3.63, 3.8) is 0 Å². The summed E-state index contributed by atoms with van der Waals surface area (Å²) >= 11 is 3.50. The van der Waals surface area contributed by atoms with Gasteiger partial charge in [-0.05, 0) is 24.1 Å². The third kappa shape index (κ3) is 1.85. The average Bonchev–Trinajstić information content (AvgIpc) is 2.49. The maximum Gasteiger partial charge on any atom is 0.217 e. The molecule has 0 aromatic heterocycles. The van der Waals surface area contributed by atoms with E-state index in [0.29, 0.717) is 6.42 Å². The summed E-state index contributed by atoms with van der Waals surface area (Å²) in [5.41, 5.74) is 2.78. The summed E-state index contributed by atoms with van der Waals surface area (Å²) in [5, 5.41) is 8.73. The maximum absolute atomic E-state index is 8.73. The lowest BCUT2D eigenvalue weighted by atomic mass is 9.80. The summed E-state index contributed by atoms with van der Waals surface area (Å²) < 4.78 is 1.11. The zero-order chi connectivity index (χ0) is 11.8. The molecule has 16 heavy (non-hydrogen) atoms. The van der Waals surface area contributed by atoms with E-state index in [1.165, 1.54) is 11.3 Å². The Morgan fingerprint density at radius 2 is 2.38 bits per heavy atom. The van der Waals surface area contributed by atoms with Crippen molar-refractivity contribution in [1.82, 2.24) is 0 Å². The lowest BCUT2D eigenvalue weighted by Crippen LogP contribution is -2.29. The van der Waals surface area contributed by atoms with Gasteiger partial charge in [0.2, 0.25) is 7.98 Å². The minimum absolute atomic E-state index is 0.126. The SMILES string of the molecule is BN1CC(C)(CCC#N)c2ccc(Br)cc21. The first kappa shape index (κ1) is 11.5.